The zero-order valence-electron chi connectivity index (χ0n) is 0.500. The summed E-state index contributed by atoms with van der Waals surface area (Å²) in [5.74, 6) is 0. The zero-order chi connectivity index (χ0) is 0. The Morgan fingerprint density at radius 1 is 1.00 bits per heavy atom. The van der Waals surface area contributed by atoms with Gasteiger partial charge in [0.15, 0.2) is 0 Å². The van der Waals surface area contributed by atoms with Gasteiger partial charge in [0.1, 0.15) is 0 Å². The average molecular weight is 120 g/mol. The van der Waals surface area contributed by atoms with Crippen molar-refractivity contribution in [1.82, 2.24) is 0 Å². The second-order valence-electron chi connectivity index (χ2n) is 0. The molecule has 0 aromatic heterocycles. The van der Waals surface area contributed by atoms with E-state index in [2.05, 4.69) is 0 Å². The number of rotatable bonds is 0. The molecule has 0 aliphatic rings. The first-order chi connectivity index (χ1) is 0. The number of hydrogen-bond donors (Lipinski definition) is 0. The van der Waals surface area contributed by atoms with Crippen LogP contribution in [-0.2, 0) is 21.7 Å². The van der Waals surface area contributed by atoms with E-state index >= 15 is 0 Å². The maximum Gasteiger partial charge on any atom is 0 e. The van der Waals surface area contributed by atoms with Crippen LogP contribution >= 0.6 is 0 Å². The fraction of sp³-hybridized carbons (Fsp3) is 0. The molecule has 0 spiro atoms. The first-order valence-corrected chi connectivity index (χ1v) is 0. The Labute approximate surface area is 118 Å². The van der Waals surface area contributed by atoms with Crippen LogP contribution in [0, 0.1) is 0 Å². The first-order valence-electron chi connectivity index (χ1n) is 0. The van der Waals surface area contributed by atoms with Gasteiger partial charge in [0.25, 0.3) is 0 Å². The molecule has 4 heteroatoms. The van der Waals surface area contributed by atoms with E-state index in [9.17, 15) is 0 Å². The van der Waals surface area contributed by atoms with E-state index in [1.807, 2.05) is 0 Å². The quantitative estimate of drug-likeness (QED) is 0.326. The molecule has 10 valence electrons. The molecule has 0 aliphatic heterocycles. The summed E-state index contributed by atoms with van der Waals surface area (Å²) in [6.07, 6.45) is 0. The largest absolute Gasteiger partial charge is 0 e. The van der Waals surface area contributed by atoms with Gasteiger partial charge in [-0.3, -0.25) is 0 Å². The van der Waals surface area contributed by atoms with Crippen molar-refractivity contribution in [3.63, 3.8) is 0 Å². The summed E-state index contributed by atoms with van der Waals surface area (Å²) < 4.78 is 0. The van der Waals surface area contributed by atoms with Crippen LogP contribution in [0.4, 0.5) is 0 Å². The average Bonchev–Trinajstić information content (AvgIpc) is 0. The number of hydrogen-bond acceptors (Lipinski definition) is 0. The Morgan fingerprint density at radius 2 is 1.00 bits per heavy atom. The van der Waals surface area contributed by atoms with Crippen LogP contribution in [0.15, 0.2) is 0 Å². The Balaban J connectivity index is 0. The van der Waals surface area contributed by atoms with Gasteiger partial charge in [-0.1, -0.05) is 0 Å². The molecule has 0 saturated carbocycles. The van der Waals surface area contributed by atoms with E-state index in [-0.39, 0.29) is 122 Å². The summed E-state index contributed by atoms with van der Waals surface area (Å²) in [4.78, 5) is 0. The topological polar surface area (TPSA) is 0 Å². The SMILES string of the molecule is [KH].[LiH].[NaH].[Ti]. The summed E-state index contributed by atoms with van der Waals surface area (Å²) in [5, 5.41) is 0. The van der Waals surface area contributed by atoms with Crippen LogP contribution in [-0.4, -0.2) is 99.8 Å². The van der Waals surface area contributed by atoms with Crippen molar-refractivity contribution in [2.24, 2.45) is 0 Å². The van der Waals surface area contributed by atoms with Crippen molar-refractivity contribution < 1.29 is 21.7 Å². The van der Waals surface area contributed by atoms with Gasteiger partial charge >= 0.3 is 99.8 Å². The fourth-order valence-corrected chi connectivity index (χ4v) is 0. The Kier molecular flexibility index (Phi) is 97.1. The molecule has 0 amide bonds. The van der Waals surface area contributed by atoms with Crippen molar-refractivity contribution >= 4 is 99.8 Å². The summed E-state index contributed by atoms with van der Waals surface area (Å²) in [7, 11) is 0. The minimum Gasteiger partial charge on any atom is 0 e. The van der Waals surface area contributed by atoms with Crippen molar-refractivity contribution in [1.29, 1.82) is 0 Å². The third kappa shape index (κ3) is 9.34. The molecule has 0 nitrogen and oxygen atoms in total. The molecule has 0 radical (unpaired) electrons. The third-order valence-electron chi connectivity index (χ3n) is 0. The van der Waals surface area contributed by atoms with Gasteiger partial charge in [-0.05, 0) is 0 Å². The molecule has 0 aromatic rings. The normalized spacial score (nSPS) is 0. The van der Waals surface area contributed by atoms with E-state index in [1.54, 1.807) is 0 Å². The predicted octanol–water partition coefficient (Wildman–Crippen LogP) is -1.95. The molecule has 0 bridgehead atoms. The van der Waals surface area contributed by atoms with Crippen LogP contribution < -0.4 is 0 Å². The van der Waals surface area contributed by atoms with Crippen LogP contribution in [0.25, 0.3) is 0 Å². The second kappa shape index (κ2) is 15.8. The van der Waals surface area contributed by atoms with Crippen LogP contribution in [0.2, 0.25) is 0 Å². The molecule has 0 aliphatic carbocycles. The van der Waals surface area contributed by atoms with Gasteiger partial charge in [-0.15, -0.1) is 0 Å². The molecule has 4 heavy (non-hydrogen) atoms. The van der Waals surface area contributed by atoms with E-state index in [4.69, 9.17) is 0 Å². The standard InChI is InChI=1S/K.Li.Na.Ti.3H. The molecule has 0 fully saturated rings. The molecule has 0 N–H and O–H groups in total. The van der Waals surface area contributed by atoms with Gasteiger partial charge < -0.3 is 0 Å². The Hall–Kier alpha value is 3.95. The molecule has 0 rings (SSSR count). The van der Waals surface area contributed by atoms with E-state index in [1.165, 1.54) is 0 Å². The summed E-state index contributed by atoms with van der Waals surface area (Å²) in [6, 6.07) is 0. The minimum atomic E-state index is 0. The van der Waals surface area contributed by atoms with Gasteiger partial charge in [-0.2, -0.15) is 0 Å². The monoisotopic (exact) mass is 120 g/mol. The molecule has 0 atom stereocenters. The Morgan fingerprint density at radius 3 is 1.00 bits per heavy atom. The van der Waals surface area contributed by atoms with Gasteiger partial charge in [0, 0.05) is 21.7 Å². The smallest absolute Gasteiger partial charge is 0 e. The van der Waals surface area contributed by atoms with E-state index in [0.717, 1.165) is 0 Å². The summed E-state index contributed by atoms with van der Waals surface area (Å²) >= 11 is 0. The van der Waals surface area contributed by atoms with Crippen molar-refractivity contribution in [3.05, 3.63) is 0 Å². The predicted molar refractivity (Wildman–Crippen MR) is 21.4 cm³/mol. The second-order valence-corrected chi connectivity index (χ2v) is 0. The molecule has 0 unspecified atom stereocenters. The van der Waals surface area contributed by atoms with Gasteiger partial charge in [-0.25, -0.2) is 0 Å². The van der Waals surface area contributed by atoms with Crippen molar-refractivity contribution in [2.75, 3.05) is 0 Å². The van der Waals surface area contributed by atoms with E-state index in [0.29, 0.717) is 0 Å². The zero-order valence-corrected chi connectivity index (χ0v) is 2.06. The first kappa shape index (κ1) is 24.6. The molecular weight excluding hydrogens is 117 g/mol. The summed E-state index contributed by atoms with van der Waals surface area (Å²) in [5.41, 5.74) is 0. The minimum absolute atomic E-state index is 0. The third-order valence-corrected chi connectivity index (χ3v) is 0. The Bertz CT molecular complexity index is 8.00. The van der Waals surface area contributed by atoms with Crippen LogP contribution in [0.5, 0.6) is 0 Å². The van der Waals surface area contributed by atoms with E-state index < -0.39 is 0 Å². The van der Waals surface area contributed by atoms with Crippen molar-refractivity contribution in [2.45, 2.75) is 0 Å². The maximum atomic E-state index is 0. The van der Waals surface area contributed by atoms with Crippen LogP contribution in [0.3, 0.4) is 0 Å². The van der Waals surface area contributed by atoms with Gasteiger partial charge in [0.2, 0.25) is 0 Å². The fourth-order valence-electron chi connectivity index (χ4n) is 0. The molecular formula is H3KLiNaTi. The molecule has 0 aromatic carbocycles. The summed E-state index contributed by atoms with van der Waals surface area (Å²) in [6.45, 7) is 0. The molecule has 0 heterocycles. The molecule has 0 saturated heterocycles. The maximum absolute atomic E-state index is 0. The van der Waals surface area contributed by atoms with Crippen molar-refractivity contribution in [3.8, 4) is 0 Å². The van der Waals surface area contributed by atoms with Crippen LogP contribution in [0.1, 0.15) is 0 Å². The van der Waals surface area contributed by atoms with Gasteiger partial charge in [0.05, 0.1) is 0 Å².